The summed E-state index contributed by atoms with van der Waals surface area (Å²) in [7, 11) is 1.36. The second-order valence-corrected chi connectivity index (χ2v) is 8.01. The maximum Gasteiger partial charge on any atom is 0.408 e. The predicted octanol–water partition coefficient (Wildman–Crippen LogP) is 2.87. The first-order valence-corrected chi connectivity index (χ1v) is 10.5. The van der Waals surface area contributed by atoms with Crippen molar-refractivity contribution in [2.45, 2.75) is 25.3 Å². The molecule has 0 radical (unpaired) electrons. The van der Waals surface area contributed by atoms with Gasteiger partial charge in [0.05, 0.1) is 17.4 Å². The van der Waals surface area contributed by atoms with Crippen molar-refractivity contribution in [1.82, 2.24) is 25.0 Å². The normalized spacial score (nSPS) is 15.4. The number of halogens is 5. The topological polar surface area (TPSA) is 110 Å². The van der Waals surface area contributed by atoms with Crippen molar-refractivity contribution in [1.29, 1.82) is 0 Å². The van der Waals surface area contributed by atoms with Crippen molar-refractivity contribution < 1.29 is 31.9 Å². The van der Waals surface area contributed by atoms with E-state index < -0.39 is 42.3 Å². The van der Waals surface area contributed by atoms with Crippen LogP contribution in [0.4, 0.5) is 23.2 Å². The molecule has 1 aromatic carbocycles. The molecule has 4 rings (SSSR count). The number of amides is 3. The molecule has 0 fully saturated rings. The third-order valence-corrected chi connectivity index (χ3v) is 5.62. The smallest absolute Gasteiger partial charge is 0.354 e. The number of nitrogens with zero attached hydrogens (tertiary/aromatic N) is 3. The lowest BCUT2D eigenvalue weighted by molar-refractivity contribution is -0.142. The van der Waals surface area contributed by atoms with Crippen LogP contribution in [0.5, 0.6) is 0 Å². The van der Waals surface area contributed by atoms with Gasteiger partial charge < -0.3 is 20.5 Å². The van der Waals surface area contributed by atoms with Crippen molar-refractivity contribution in [2.24, 2.45) is 0 Å². The summed E-state index contributed by atoms with van der Waals surface area (Å²) in [5, 5.41) is 11.2. The molecule has 9 nitrogen and oxygen atoms in total. The van der Waals surface area contributed by atoms with Gasteiger partial charge in [-0.15, -0.1) is 0 Å². The molecule has 35 heavy (non-hydrogen) atoms. The number of alkyl halides is 3. The van der Waals surface area contributed by atoms with E-state index in [9.17, 15) is 31.9 Å². The molecule has 0 saturated carbocycles. The van der Waals surface area contributed by atoms with E-state index in [4.69, 9.17) is 11.6 Å². The number of carbonyl (C=O) groups is 3. The summed E-state index contributed by atoms with van der Waals surface area (Å²) >= 11 is 6.25. The van der Waals surface area contributed by atoms with Crippen LogP contribution in [0.2, 0.25) is 5.02 Å². The maximum atomic E-state index is 14.0. The third kappa shape index (κ3) is 4.85. The second-order valence-electron chi connectivity index (χ2n) is 7.60. The Hall–Kier alpha value is -3.87. The first-order chi connectivity index (χ1) is 16.5. The van der Waals surface area contributed by atoms with Crippen LogP contribution in [0.25, 0.3) is 0 Å². The first-order valence-electron chi connectivity index (χ1n) is 10.1. The lowest BCUT2D eigenvalue weighted by atomic mass is 10.0. The Balaban J connectivity index is 1.81. The second kappa shape index (κ2) is 9.06. The quantitative estimate of drug-likeness (QED) is 0.457. The number of hydrogen-bond acceptors (Lipinski definition) is 4. The highest BCUT2D eigenvalue weighted by atomic mass is 35.5. The average Bonchev–Trinajstić information content (AvgIpc) is 3.37. The Bertz CT molecular complexity index is 1330. The van der Waals surface area contributed by atoms with E-state index in [-0.39, 0.29) is 39.9 Å². The molecule has 184 valence electrons. The molecule has 14 heteroatoms. The van der Waals surface area contributed by atoms with E-state index in [2.05, 4.69) is 21.0 Å². The number of anilines is 1. The molecule has 1 aliphatic rings. The molecule has 0 aliphatic carbocycles. The minimum atomic E-state index is -4.62. The zero-order chi connectivity index (χ0) is 25.5. The standard InChI is InChI=1S/C21H17ClF4N6O3/c1-27-19(34)15-7-13(29-20(35)14-4-5-28-32(14)9-21(24,25)26)18-17(30-16(33)8-31(15)18)11-6-10(23)2-3-12(11)22/h2-7,17H,8-9H2,1H3,(H,27,34)(H,29,35)(H,30,33). The van der Waals surface area contributed by atoms with Gasteiger partial charge in [-0.25, -0.2) is 4.39 Å². The van der Waals surface area contributed by atoms with Crippen molar-refractivity contribution in [3.05, 3.63) is 70.0 Å². The van der Waals surface area contributed by atoms with Crippen LogP contribution < -0.4 is 16.0 Å². The van der Waals surface area contributed by atoms with Crippen LogP contribution in [0.1, 0.15) is 38.3 Å². The van der Waals surface area contributed by atoms with Crippen LogP contribution in [0, 0.1) is 5.82 Å². The maximum absolute atomic E-state index is 14.0. The number of benzene rings is 1. The minimum absolute atomic E-state index is 0.00558. The molecule has 1 aliphatic heterocycles. The highest BCUT2D eigenvalue weighted by molar-refractivity contribution is 6.31. The van der Waals surface area contributed by atoms with Gasteiger partial charge in [-0.2, -0.15) is 18.3 Å². The summed E-state index contributed by atoms with van der Waals surface area (Å²) in [6.45, 7) is -1.79. The number of fused-ring (bicyclic) bond motifs is 1. The van der Waals surface area contributed by atoms with Crippen LogP contribution >= 0.6 is 11.6 Å². The fourth-order valence-electron chi connectivity index (χ4n) is 3.85. The van der Waals surface area contributed by atoms with Gasteiger partial charge in [0, 0.05) is 23.8 Å². The predicted molar refractivity (Wildman–Crippen MR) is 115 cm³/mol. The molecule has 3 heterocycles. The molecular weight excluding hydrogens is 496 g/mol. The summed E-state index contributed by atoms with van der Waals surface area (Å²) in [5.41, 5.74) is -0.0392. The van der Waals surface area contributed by atoms with Gasteiger partial charge in [0.2, 0.25) is 5.91 Å². The summed E-state index contributed by atoms with van der Waals surface area (Å²) in [5.74, 6) is -2.68. The monoisotopic (exact) mass is 512 g/mol. The Morgan fingerprint density at radius 1 is 1.20 bits per heavy atom. The van der Waals surface area contributed by atoms with E-state index in [0.29, 0.717) is 4.68 Å². The van der Waals surface area contributed by atoms with Crippen LogP contribution in [-0.2, 0) is 17.9 Å². The SMILES string of the molecule is CNC(=O)c1cc(NC(=O)c2ccnn2CC(F)(F)F)c2n1CC(=O)NC2c1cc(F)ccc1Cl. The zero-order valence-electron chi connectivity index (χ0n) is 17.9. The molecule has 3 amide bonds. The average molecular weight is 513 g/mol. The van der Waals surface area contributed by atoms with E-state index in [1.807, 2.05) is 0 Å². The molecule has 0 spiro atoms. The van der Waals surface area contributed by atoms with E-state index >= 15 is 0 Å². The summed E-state index contributed by atoms with van der Waals surface area (Å²) in [4.78, 5) is 37.9. The molecule has 2 aromatic heterocycles. The van der Waals surface area contributed by atoms with Crippen LogP contribution in [0.3, 0.4) is 0 Å². The number of nitrogens with one attached hydrogen (secondary N) is 3. The van der Waals surface area contributed by atoms with Gasteiger partial charge >= 0.3 is 6.18 Å². The van der Waals surface area contributed by atoms with E-state index in [0.717, 1.165) is 24.4 Å². The number of hydrogen-bond donors (Lipinski definition) is 3. The molecule has 0 bridgehead atoms. The fourth-order valence-corrected chi connectivity index (χ4v) is 4.08. The van der Waals surface area contributed by atoms with Crippen LogP contribution in [0.15, 0.2) is 36.5 Å². The van der Waals surface area contributed by atoms with E-state index in [1.54, 1.807) is 0 Å². The van der Waals surface area contributed by atoms with Crippen LogP contribution in [-0.4, -0.2) is 45.3 Å². The summed E-state index contributed by atoms with van der Waals surface area (Å²) < 4.78 is 54.4. The Morgan fingerprint density at radius 3 is 2.63 bits per heavy atom. The summed E-state index contributed by atoms with van der Waals surface area (Å²) in [6, 6.07) is 4.81. The summed E-state index contributed by atoms with van der Waals surface area (Å²) in [6.07, 6.45) is -3.58. The number of carbonyl (C=O) groups excluding carboxylic acids is 3. The molecular formula is C21H17ClF4N6O3. The van der Waals surface area contributed by atoms with Gasteiger partial charge in [0.1, 0.15) is 30.3 Å². The van der Waals surface area contributed by atoms with E-state index in [1.165, 1.54) is 23.7 Å². The minimum Gasteiger partial charge on any atom is -0.354 e. The van der Waals surface area contributed by atoms with Gasteiger partial charge in [0.15, 0.2) is 0 Å². The van der Waals surface area contributed by atoms with Crippen molar-refractivity contribution in [3.8, 4) is 0 Å². The Kier molecular flexibility index (Phi) is 6.28. The number of aromatic nitrogens is 3. The highest BCUT2D eigenvalue weighted by Crippen LogP contribution is 2.37. The molecule has 3 N–H and O–H groups in total. The fraction of sp³-hybridized carbons (Fsp3) is 0.238. The van der Waals surface area contributed by atoms with Gasteiger partial charge in [0.25, 0.3) is 11.8 Å². The lowest BCUT2D eigenvalue weighted by Crippen LogP contribution is -2.41. The first kappa shape index (κ1) is 24.3. The third-order valence-electron chi connectivity index (χ3n) is 5.27. The zero-order valence-corrected chi connectivity index (χ0v) is 18.7. The van der Waals surface area contributed by atoms with Gasteiger partial charge in [-0.1, -0.05) is 11.6 Å². The Labute approximate surface area is 200 Å². The Morgan fingerprint density at radius 2 is 1.94 bits per heavy atom. The molecule has 3 aromatic rings. The lowest BCUT2D eigenvalue weighted by Gasteiger charge is -2.29. The van der Waals surface area contributed by atoms with Crippen molar-refractivity contribution in [3.63, 3.8) is 0 Å². The molecule has 1 atom stereocenters. The molecule has 0 saturated heterocycles. The van der Waals surface area contributed by atoms with Crippen molar-refractivity contribution >= 4 is 35.0 Å². The molecule has 1 unspecified atom stereocenters. The highest BCUT2D eigenvalue weighted by Gasteiger charge is 2.35. The van der Waals surface area contributed by atoms with Crippen molar-refractivity contribution in [2.75, 3.05) is 12.4 Å². The largest absolute Gasteiger partial charge is 0.408 e. The van der Waals surface area contributed by atoms with Gasteiger partial charge in [-0.05, 0) is 30.3 Å². The number of rotatable bonds is 5. The van der Waals surface area contributed by atoms with Gasteiger partial charge in [-0.3, -0.25) is 19.1 Å².